The maximum Gasteiger partial charge on any atom is 0.126 e. The van der Waals surface area contributed by atoms with E-state index in [0.29, 0.717) is 5.69 Å². The fourth-order valence-corrected chi connectivity index (χ4v) is 1.37. The SMILES string of the molecule is Cc1cccc(-c2cc(F)ccn2)c1. The second kappa shape index (κ2) is 3.58. The van der Waals surface area contributed by atoms with Crippen LogP contribution in [0.1, 0.15) is 5.56 Å². The highest BCUT2D eigenvalue weighted by atomic mass is 19.1. The van der Waals surface area contributed by atoms with Gasteiger partial charge in [-0.15, -0.1) is 0 Å². The van der Waals surface area contributed by atoms with Crippen LogP contribution in [0.25, 0.3) is 11.3 Å². The van der Waals surface area contributed by atoms with E-state index in [2.05, 4.69) is 4.98 Å². The van der Waals surface area contributed by atoms with Crippen LogP contribution in [0.5, 0.6) is 0 Å². The standard InChI is InChI=1S/C12H10FN/c1-9-3-2-4-10(7-9)12-8-11(13)5-6-14-12/h2-8H,1H3. The van der Waals surface area contributed by atoms with E-state index in [1.165, 1.54) is 18.3 Å². The van der Waals surface area contributed by atoms with E-state index < -0.39 is 0 Å². The van der Waals surface area contributed by atoms with Crippen LogP contribution in [-0.2, 0) is 0 Å². The van der Waals surface area contributed by atoms with Gasteiger partial charge in [0.2, 0.25) is 0 Å². The number of nitrogens with zero attached hydrogens (tertiary/aromatic N) is 1. The minimum Gasteiger partial charge on any atom is -0.256 e. The first-order valence-electron chi connectivity index (χ1n) is 4.44. The predicted molar refractivity (Wildman–Crippen MR) is 54.4 cm³/mol. The summed E-state index contributed by atoms with van der Waals surface area (Å²) in [5.74, 6) is -0.253. The summed E-state index contributed by atoms with van der Waals surface area (Å²) in [6.07, 6.45) is 1.48. The molecule has 0 bridgehead atoms. The Balaban J connectivity index is 2.49. The number of hydrogen-bond acceptors (Lipinski definition) is 1. The van der Waals surface area contributed by atoms with Gasteiger partial charge < -0.3 is 0 Å². The monoisotopic (exact) mass is 187 g/mol. The summed E-state index contributed by atoms with van der Waals surface area (Å²) in [5, 5.41) is 0. The Labute approximate surface area is 82.2 Å². The molecule has 0 saturated heterocycles. The van der Waals surface area contributed by atoms with Crippen molar-refractivity contribution in [2.75, 3.05) is 0 Å². The van der Waals surface area contributed by atoms with Gasteiger partial charge in [0.15, 0.2) is 0 Å². The normalized spacial score (nSPS) is 10.1. The van der Waals surface area contributed by atoms with Crippen molar-refractivity contribution >= 4 is 0 Å². The molecule has 0 fully saturated rings. The maximum atomic E-state index is 12.9. The highest BCUT2D eigenvalue weighted by molar-refractivity contribution is 5.59. The smallest absolute Gasteiger partial charge is 0.126 e. The van der Waals surface area contributed by atoms with Crippen molar-refractivity contribution < 1.29 is 4.39 Å². The van der Waals surface area contributed by atoms with Crippen LogP contribution in [0.4, 0.5) is 4.39 Å². The molecular formula is C12H10FN. The lowest BCUT2D eigenvalue weighted by molar-refractivity contribution is 0.626. The third-order valence-electron chi connectivity index (χ3n) is 2.04. The van der Waals surface area contributed by atoms with Crippen LogP contribution in [0.15, 0.2) is 42.6 Å². The Hall–Kier alpha value is -1.70. The molecule has 0 aliphatic carbocycles. The van der Waals surface area contributed by atoms with Crippen molar-refractivity contribution in [3.63, 3.8) is 0 Å². The van der Waals surface area contributed by atoms with Crippen LogP contribution >= 0.6 is 0 Å². The van der Waals surface area contributed by atoms with Crippen molar-refractivity contribution in [1.29, 1.82) is 0 Å². The fraction of sp³-hybridized carbons (Fsp3) is 0.0833. The largest absolute Gasteiger partial charge is 0.256 e. The Morgan fingerprint density at radius 3 is 2.71 bits per heavy atom. The molecule has 14 heavy (non-hydrogen) atoms. The van der Waals surface area contributed by atoms with Gasteiger partial charge in [0.05, 0.1) is 5.69 Å². The minimum atomic E-state index is -0.253. The average Bonchev–Trinajstić information content (AvgIpc) is 2.18. The summed E-state index contributed by atoms with van der Waals surface area (Å²) in [5.41, 5.74) is 2.77. The molecule has 0 aliphatic rings. The molecule has 2 heteroatoms. The summed E-state index contributed by atoms with van der Waals surface area (Å²) >= 11 is 0. The van der Waals surface area contributed by atoms with E-state index in [9.17, 15) is 4.39 Å². The quantitative estimate of drug-likeness (QED) is 0.668. The molecule has 2 rings (SSSR count). The zero-order valence-electron chi connectivity index (χ0n) is 7.87. The molecule has 0 atom stereocenters. The van der Waals surface area contributed by atoms with Crippen LogP contribution in [0.3, 0.4) is 0 Å². The Morgan fingerprint density at radius 1 is 1.14 bits per heavy atom. The maximum absolute atomic E-state index is 12.9. The first-order valence-corrected chi connectivity index (χ1v) is 4.44. The number of aromatic nitrogens is 1. The van der Waals surface area contributed by atoms with Gasteiger partial charge in [-0.3, -0.25) is 4.98 Å². The van der Waals surface area contributed by atoms with E-state index >= 15 is 0 Å². The molecule has 0 N–H and O–H groups in total. The van der Waals surface area contributed by atoms with E-state index in [4.69, 9.17) is 0 Å². The molecule has 0 aliphatic heterocycles. The summed E-state index contributed by atoms with van der Waals surface area (Å²) in [4.78, 5) is 4.11. The van der Waals surface area contributed by atoms with Crippen LogP contribution < -0.4 is 0 Å². The molecule has 0 radical (unpaired) electrons. The second-order valence-corrected chi connectivity index (χ2v) is 3.23. The summed E-state index contributed by atoms with van der Waals surface area (Å²) in [6.45, 7) is 2.00. The van der Waals surface area contributed by atoms with E-state index in [1.54, 1.807) is 0 Å². The van der Waals surface area contributed by atoms with Crippen LogP contribution in [-0.4, -0.2) is 4.98 Å². The highest BCUT2D eigenvalue weighted by Crippen LogP contribution is 2.18. The van der Waals surface area contributed by atoms with Crippen molar-refractivity contribution in [2.24, 2.45) is 0 Å². The third-order valence-corrected chi connectivity index (χ3v) is 2.04. The molecule has 0 saturated carbocycles. The molecule has 1 aromatic carbocycles. The van der Waals surface area contributed by atoms with Gasteiger partial charge in [0, 0.05) is 17.8 Å². The lowest BCUT2D eigenvalue weighted by Gasteiger charge is -2.01. The van der Waals surface area contributed by atoms with Crippen LogP contribution in [0.2, 0.25) is 0 Å². The number of benzene rings is 1. The Morgan fingerprint density at radius 2 is 2.00 bits per heavy atom. The van der Waals surface area contributed by atoms with E-state index in [0.717, 1.165) is 11.1 Å². The van der Waals surface area contributed by atoms with Gasteiger partial charge in [-0.25, -0.2) is 4.39 Å². The highest BCUT2D eigenvalue weighted by Gasteiger charge is 1.99. The lowest BCUT2D eigenvalue weighted by atomic mass is 10.1. The van der Waals surface area contributed by atoms with Gasteiger partial charge in [-0.05, 0) is 19.1 Å². The summed E-state index contributed by atoms with van der Waals surface area (Å²) in [7, 11) is 0. The molecule has 1 heterocycles. The van der Waals surface area contributed by atoms with Crippen molar-refractivity contribution in [2.45, 2.75) is 6.92 Å². The topological polar surface area (TPSA) is 12.9 Å². The molecule has 0 amide bonds. The summed E-state index contributed by atoms with van der Waals surface area (Å²) < 4.78 is 12.9. The molecule has 0 spiro atoms. The zero-order chi connectivity index (χ0) is 9.97. The summed E-state index contributed by atoms with van der Waals surface area (Å²) in [6, 6.07) is 10.6. The van der Waals surface area contributed by atoms with Gasteiger partial charge >= 0.3 is 0 Å². The Kier molecular flexibility index (Phi) is 2.27. The number of aryl methyl sites for hydroxylation is 1. The number of rotatable bonds is 1. The zero-order valence-corrected chi connectivity index (χ0v) is 7.87. The molecule has 70 valence electrons. The van der Waals surface area contributed by atoms with Crippen molar-refractivity contribution in [3.05, 3.63) is 54.0 Å². The van der Waals surface area contributed by atoms with Crippen molar-refractivity contribution in [1.82, 2.24) is 4.98 Å². The van der Waals surface area contributed by atoms with Gasteiger partial charge in [0.25, 0.3) is 0 Å². The van der Waals surface area contributed by atoms with E-state index in [1.807, 2.05) is 31.2 Å². The number of pyridine rings is 1. The molecule has 0 unspecified atom stereocenters. The first kappa shape index (κ1) is 8.88. The van der Waals surface area contributed by atoms with Gasteiger partial charge in [0.1, 0.15) is 5.82 Å². The molecular weight excluding hydrogens is 177 g/mol. The Bertz CT molecular complexity index is 408. The van der Waals surface area contributed by atoms with Gasteiger partial charge in [-0.1, -0.05) is 23.8 Å². The van der Waals surface area contributed by atoms with Crippen LogP contribution in [0, 0.1) is 12.7 Å². The lowest BCUT2D eigenvalue weighted by Crippen LogP contribution is -1.85. The van der Waals surface area contributed by atoms with Gasteiger partial charge in [-0.2, -0.15) is 0 Å². The third kappa shape index (κ3) is 1.79. The molecule has 1 aromatic heterocycles. The fourth-order valence-electron chi connectivity index (χ4n) is 1.37. The average molecular weight is 187 g/mol. The molecule has 2 aromatic rings. The second-order valence-electron chi connectivity index (χ2n) is 3.23. The van der Waals surface area contributed by atoms with Crippen molar-refractivity contribution in [3.8, 4) is 11.3 Å². The first-order chi connectivity index (χ1) is 6.75. The molecule has 1 nitrogen and oxygen atoms in total. The predicted octanol–water partition coefficient (Wildman–Crippen LogP) is 3.20. The number of hydrogen-bond donors (Lipinski definition) is 0. The van der Waals surface area contributed by atoms with E-state index in [-0.39, 0.29) is 5.82 Å². The number of halogens is 1. The minimum absolute atomic E-state index is 0.253.